The number of rotatable bonds is 7. The third kappa shape index (κ3) is 4.99. The molecule has 2 heterocycles. The van der Waals surface area contributed by atoms with Crippen LogP contribution < -0.4 is 19.9 Å². The van der Waals surface area contributed by atoms with Gasteiger partial charge >= 0.3 is 0 Å². The second-order valence-electron chi connectivity index (χ2n) is 7.23. The summed E-state index contributed by atoms with van der Waals surface area (Å²) in [6.07, 6.45) is 0.968. The second-order valence-corrected chi connectivity index (χ2v) is 7.23. The van der Waals surface area contributed by atoms with E-state index in [1.54, 1.807) is 4.90 Å². The Morgan fingerprint density at radius 3 is 2.85 bits per heavy atom. The molecule has 0 radical (unpaired) electrons. The summed E-state index contributed by atoms with van der Waals surface area (Å²) in [5, 5.41) is 2.95. The maximum Gasteiger partial charge on any atom is 0.268 e. The monoisotopic (exact) mass is 376 g/mol. The van der Waals surface area contributed by atoms with Gasteiger partial charge in [0.2, 0.25) is 5.91 Å². The summed E-state index contributed by atoms with van der Waals surface area (Å²) < 4.78 is 11.1. The lowest BCUT2D eigenvalue weighted by Crippen LogP contribution is -3.14. The Balaban J connectivity index is 1.54. The van der Waals surface area contributed by atoms with E-state index in [9.17, 15) is 9.59 Å². The van der Waals surface area contributed by atoms with E-state index in [1.165, 1.54) is 4.90 Å². The van der Waals surface area contributed by atoms with E-state index in [4.69, 9.17) is 9.47 Å². The summed E-state index contributed by atoms with van der Waals surface area (Å²) in [6.45, 7) is 9.25. The highest BCUT2D eigenvalue weighted by Gasteiger charge is 2.34. The molecular weight excluding hydrogens is 346 g/mol. The van der Waals surface area contributed by atoms with Crippen molar-refractivity contribution in [1.82, 2.24) is 5.32 Å². The van der Waals surface area contributed by atoms with Crippen LogP contribution in [-0.2, 0) is 14.3 Å². The van der Waals surface area contributed by atoms with Gasteiger partial charge in [-0.05, 0) is 31.0 Å². The number of benzene rings is 1. The van der Waals surface area contributed by atoms with E-state index in [0.29, 0.717) is 24.4 Å². The summed E-state index contributed by atoms with van der Waals surface area (Å²) >= 11 is 0. The molecule has 2 amide bonds. The van der Waals surface area contributed by atoms with E-state index >= 15 is 0 Å². The first kappa shape index (κ1) is 19.6. The second kappa shape index (κ2) is 9.19. The highest BCUT2D eigenvalue weighted by atomic mass is 16.5. The zero-order valence-corrected chi connectivity index (χ0v) is 16.3. The maximum atomic E-state index is 12.7. The smallest absolute Gasteiger partial charge is 0.268 e. The van der Waals surface area contributed by atoms with Gasteiger partial charge in [0, 0.05) is 13.0 Å². The first-order valence-electron chi connectivity index (χ1n) is 9.85. The number of aryl methyl sites for hydroxylation is 1. The molecule has 7 nitrogen and oxygen atoms in total. The quantitative estimate of drug-likeness (QED) is 0.653. The van der Waals surface area contributed by atoms with Crippen LogP contribution in [0, 0.1) is 6.92 Å². The maximum absolute atomic E-state index is 12.7. The minimum Gasteiger partial charge on any atom is -0.478 e. The van der Waals surface area contributed by atoms with Crippen LogP contribution in [0.2, 0.25) is 0 Å². The number of nitrogens with one attached hydrogen (secondary N) is 2. The Labute approximate surface area is 160 Å². The fraction of sp³-hybridized carbons (Fsp3) is 0.600. The molecule has 2 aliphatic heterocycles. The molecule has 1 fully saturated rings. The summed E-state index contributed by atoms with van der Waals surface area (Å²) in [6, 6.07) is 5.72. The Hall–Kier alpha value is -2.12. The van der Waals surface area contributed by atoms with E-state index in [1.807, 2.05) is 32.0 Å². The molecular formula is C20H30N3O4+. The van der Waals surface area contributed by atoms with Crippen molar-refractivity contribution in [2.75, 3.05) is 50.8 Å². The Bertz CT molecular complexity index is 673. The zero-order valence-electron chi connectivity index (χ0n) is 16.3. The van der Waals surface area contributed by atoms with Gasteiger partial charge in [-0.15, -0.1) is 0 Å². The number of hydrogen-bond donors (Lipinski definition) is 2. The molecule has 0 spiro atoms. The van der Waals surface area contributed by atoms with Crippen molar-refractivity contribution in [1.29, 1.82) is 0 Å². The third-order valence-corrected chi connectivity index (χ3v) is 5.12. The van der Waals surface area contributed by atoms with Crippen LogP contribution in [0.1, 0.15) is 25.3 Å². The van der Waals surface area contributed by atoms with Gasteiger partial charge in [0.1, 0.15) is 25.4 Å². The Morgan fingerprint density at radius 1 is 1.33 bits per heavy atom. The molecule has 27 heavy (non-hydrogen) atoms. The molecule has 148 valence electrons. The van der Waals surface area contributed by atoms with Gasteiger partial charge in [0.25, 0.3) is 5.91 Å². The molecule has 0 aromatic heterocycles. The lowest BCUT2D eigenvalue weighted by molar-refractivity contribution is -0.908. The van der Waals surface area contributed by atoms with Crippen molar-refractivity contribution >= 4 is 17.5 Å². The standard InChI is InChI=1S/C20H29N3O4/c1-3-17-20(25)23(16-13-15(2)5-6-18(16)27-17)14-19(24)21-7-4-8-22-9-11-26-12-10-22/h5-6,13,17H,3-4,7-12,14H2,1-2H3,(H,21,24)/p+1. The minimum atomic E-state index is -0.530. The molecule has 1 saturated heterocycles. The van der Waals surface area contributed by atoms with Crippen LogP contribution in [0.15, 0.2) is 18.2 Å². The van der Waals surface area contributed by atoms with Crippen molar-refractivity contribution in [2.45, 2.75) is 32.8 Å². The van der Waals surface area contributed by atoms with Crippen LogP contribution in [0.4, 0.5) is 5.69 Å². The van der Waals surface area contributed by atoms with Gasteiger partial charge < -0.3 is 19.7 Å². The molecule has 2 N–H and O–H groups in total. The first-order chi connectivity index (χ1) is 13.1. The van der Waals surface area contributed by atoms with Crippen LogP contribution in [0.25, 0.3) is 0 Å². The molecule has 1 atom stereocenters. The predicted molar refractivity (Wildman–Crippen MR) is 102 cm³/mol. The number of morpholine rings is 1. The number of hydrogen-bond acceptors (Lipinski definition) is 4. The molecule has 1 aromatic rings. The van der Waals surface area contributed by atoms with E-state index in [2.05, 4.69) is 5.32 Å². The molecule has 1 unspecified atom stereocenters. The largest absolute Gasteiger partial charge is 0.478 e. The SMILES string of the molecule is CCC1Oc2ccc(C)cc2N(CC(=O)NCCC[NH+]2CCOCC2)C1=O. The number of ether oxygens (including phenoxy) is 2. The molecule has 0 aliphatic carbocycles. The Kier molecular flexibility index (Phi) is 6.68. The highest BCUT2D eigenvalue weighted by Crippen LogP contribution is 2.35. The van der Waals surface area contributed by atoms with E-state index in [-0.39, 0.29) is 18.4 Å². The lowest BCUT2D eigenvalue weighted by Gasteiger charge is -2.34. The van der Waals surface area contributed by atoms with Gasteiger partial charge in [-0.2, -0.15) is 0 Å². The van der Waals surface area contributed by atoms with Gasteiger partial charge in [0.05, 0.1) is 25.4 Å². The number of amides is 2. The molecule has 1 aromatic carbocycles. The van der Waals surface area contributed by atoms with Crippen LogP contribution in [0.3, 0.4) is 0 Å². The van der Waals surface area contributed by atoms with Crippen LogP contribution in [-0.4, -0.2) is 63.9 Å². The number of quaternary nitrogens is 1. The average molecular weight is 376 g/mol. The molecule has 0 bridgehead atoms. The van der Waals surface area contributed by atoms with Crippen LogP contribution >= 0.6 is 0 Å². The van der Waals surface area contributed by atoms with E-state index in [0.717, 1.165) is 44.8 Å². The van der Waals surface area contributed by atoms with Crippen molar-refractivity contribution in [3.05, 3.63) is 23.8 Å². The summed E-state index contributed by atoms with van der Waals surface area (Å²) in [5.41, 5.74) is 1.71. The van der Waals surface area contributed by atoms with Gasteiger partial charge in [-0.3, -0.25) is 14.5 Å². The highest BCUT2D eigenvalue weighted by molar-refractivity contribution is 6.03. The van der Waals surface area contributed by atoms with Crippen molar-refractivity contribution < 1.29 is 24.0 Å². The molecule has 2 aliphatic rings. The lowest BCUT2D eigenvalue weighted by atomic mass is 10.1. The summed E-state index contributed by atoms with van der Waals surface area (Å²) in [4.78, 5) is 28.2. The van der Waals surface area contributed by atoms with Gasteiger partial charge in [-0.1, -0.05) is 13.0 Å². The number of fused-ring (bicyclic) bond motifs is 1. The molecule has 7 heteroatoms. The van der Waals surface area contributed by atoms with Crippen LogP contribution in [0.5, 0.6) is 5.75 Å². The Morgan fingerprint density at radius 2 is 2.11 bits per heavy atom. The topological polar surface area (TPSA) is 72.3 Å². The van der Waals surface area contributed by atoms with Gasteiger partial charge in [0.15, 0.2) is 6.10 Å². The molecule has 3 rings (SSSR count). The number of nitrogens with zero attached hydrogens (tertiary/aromatic N) is 1. The van der Waals surface area contributed by atoms with Gasteiger partial charge in [-0.25, -0.2) is 0 Å². The normalized spacial score (nSPS) is 20.1. The van der Waals surface area contributed by atoms with Crippen molar-refractivity contribution in [3.63, 3.8) is 0 Å². The average Bonchev–Trinajstić information content (AvgIpc) is 2.68. The predicted octanol–water partition coefficient (Wildman–Crippen LogP) is -0.0796. The number of carbonyl (C=O) groups excluding carboxylic acids is 2. The fourth-order valence-corrected chi connectivity index (χ4v) is 3.53. The van der Waals surface area contributed by atoms with Crippen molar-refractivity contribution in [3.8, 4) is 5.75 Å². The minimum absolute atomic E-state index is 0.0273. The third-order valence-electron chi connectivity index (χ3n) is 5.12. The van der Waals surface area contributed by atoms with E-state index < -0.39 is 6.10 Å². The summed E-state index contributed by atoms with van der Waals surface area (Å²) in [5.74, 6) is 0.379. The first-order valence-corrected chi connectivity index (χ1v) is 9.85. The van der Waals surface area contributed by atoms with Crippen molar-refractivity contribution in [2.24, 2.45) is 0 Å². The summed E-state index contributed by atoms with van der Waals surface area (Å²) in [7, 11) is 0. The molecule has 0 saturated carbocycles. The number of anilines is 1. The fourth-order valence-electron chi connectivity index (χ4n) is 3.53. The zero-order chi connectivity index (χ0) is 19.2. The number of carbonyl (C=O) groups is 2.